The Morgan fingerprint density at radius 3 is 2.81 bits per heavy atom. The number of carbonyl (C=O) groups is 2. The van der Waals surface area contributed by atoms with Crippen LogP contribution in [0.5, 0.6) is 5.75 Å². The average molecular weight is 375 g/mol. The number of fused-ring (bicyclic) bond motifs is 1. The Kier molecular flexibility index (Phi) is 5.41. The summed E-state index contributed by atoms with van der Waals surface area (Å²) in [5.74, 6) is 0.0450. The molecule has 138 valence electrons. The summed E-state index contributed by atoms with van der Waals surface area (Å²) in [6.45, 7) is 3.84. The zero-order chi connectivity index (χ0) is 18.7. The van der Waals surface area contributed by atoms with Gasteiger partial charge < -0.3 is 20.5 Å². The van der Waals surface area contributed by atoms with E-state index in [9.17, 15) is 9.59 Å². The smallest absolute Gasteiger partial charge is 0.344 e. The first-order valence-electron chi connectivity index (χ1n) is 8.36. The first kappa shape index (κ1) is 18.2. The summed E-state index contributed by atoms with van der Waals surface area (Å²) in [5, 5.41) is 3.35. The van der Waals surface area contributed by atoms with E-state index in [4.69, 9.17) is 15.2 Å². The third-order valence-corrected chi connectivity index (χ3v) is 4.95. The average Bonchev–Trinajstić information content (AvgIpc) is 2.89. The Labute approximate surface area is 155 Å². The fraction of sp³-hybridized carbons (Fsp3) is 0.389. The van der Waals surface area contributed by atoms with Crippen LogP contribution in [-0.2, 0) is 20.9 Å². The number of anilines is 1. The molecule has 1 aliphatic rings. The Bertz CT molecular complexity index is 801. The molecule has 0 saturated heterocycles. The van der Waals surface area contributed by atoms with E-state index in [1.54, 1.807) is 26.0 Å². The fourth-order valence-electron chi connectivity index (χ4n) is 2.82. The zero-order valence-electron chi connectivity index (χ0n) is 14.7. The van der Waals surface area contributed by atoms with Crippen molar-refractivity contribution in [3.8, 4) is 5.75 Å². The van der Waals surface area contributed by atoms with Crippen molar-refractivity contribution < 1.29 is 19.1 Å². The van der Waals surface area contributed by atoms with Crippen LogP contribution in [0.3, 0.4) is 0 Å². The molecule has 0 saturated carbocycles. The number of benzene rings is 1. The Balaban J connectivity index is 1.73. The molecule has 3 N–H and O–H groups in total. The van der Waals surface area contributed by atoms with Gasteiger partial charge in [-0.15, -0.1) is 11.3 Å². The first-order valence-corrected chi connectivity index (χ1v) is 9.18. The number of carbonyl (C=O) groups excluding carboxylic acids is 2. The standard InChI is InChI=1S/C18H21N3O4S/c1-10(2)25-16(23)9-24-12-5-3-11(4-6-12)13-7-15(22)20-8-14-17(13)26-18(19)21-14/h3-6,10,13H,7-9H2,1-2H3,(H2,19,21)(H,20,22). The lowest BCUT2D eigenvalue weighted by atomic mass is 9.93. The molecule has 1 atom stereocenters. The van der Waals surface area contributed by atoms with Crippen molar-refractivity contribution in [1.82, 2.24) is 10.3 Å². The molecular weight excluding hydrogens is 354 g/mol. The molecule has 7 nitrogen and oxygen atoms in total. The number of amides is 1. The van der Waals surface area contributed by atoms with Crippen molar-refractivity contribution in [2.24, 2.45) is 0 Å². The largest absolute Gasteiger partial charge is 0.482 e. The van der Waals surface area contributed by atoms with Gasteiger partial charge in [0.25, 0.3) is 0 Å². The van der Waals surface area contributed by atoms with Crippen molar-refractivity contribution >= 4 is 28.3 Å². The molecule has 8 heteroatoms. The third kappa shape index (κ3) is 4.32. The Morgan fingerprint density at radius 2 is 2.12 bits per heavy atom. The highest BCUT2D eigenvalue weighted by Crippen LogP contribution is 2.37. The summed E-state index contributed by atoms with van der Waals surface area (Å²) >= 11 is 1.41. The van der Waals surface area contributed by atoms with Gasteiger partial charge in [-0.3, -0.25) is 4.79 Å². The Hall–Kier alpha value is -2.61. The number of nitrogens with one attached hydrogen (secondary N) is 1. The van der Waals surface area contributed by atoms with Gasteiger partial charge in [-0.2, -0.15) is 0 Å². The summed E-state index contributed by atoms with van der Waals surface area (Å²) in [4.78, 5) is 28.9. The summed E-state index contributed by atoms with van der Waals surface area (Å²) in [6.07, 6.45) is 0.172. The maximum atomic E-state index is 12.0. The summed E-state index contributed by atoms with van der Waals surface area (Å²) in [5.41, 5.74) is 7.64. The van der Waals surface area contributed by atoms with Gasteiger partial charge in [0, 0.05) is 17.2 Å². The van der Waals surface area contributed by atoms with E-state index < -0.39 is 5.97 Å². The van der Waals surface area contributed by atoms with Gasteiger partial charge in [-0.25, -0.2) is 9.78 Å². The molecule has 0 aliphatic carbocycles. The van der Waals surface area contributed by atoms with Crippen molar-refractivity contribution in [3.05, 3.63) is 40.4 Å². The van der Waals surface area contributed by atoms with E-state index in [0.717, 1.165) is 16.1 Å². The van der Waals surface area contributed by atoms with Crippen LogP contribution in [0.2, 0.25) is 0 Å². The lowest BCUT2D eigenvalue weighted by Crippen LogP contribution is -2.21. The van der Waals surface area contributed by atoms with Crippen LogP contribution in [-0.4, -0.2) is 29.6 Å². The Morgan fingerprint density at radius 1 is 1.38 bits per heavy atom. The minimum Gasteiger partial charge on any atom is -0.482 e. The predicted octanol–water partition coefficient (Wildman–Crippen LogP) is 2.21. The number of hydrogen-bond acceptors (Lipinski definition) is 7. The minimum absolute atomic E-state index is 0.0180. The lowest BCUT2D eigenvalue weighted by molar-refractivity contribution is -0.149. The van der Waals surface area contributed by atoms with E-state index in [2.05, 4.69) is 10.3 Å². The van der Waals surface area contributed by atoms with Crippen LogP contribution in [0.4, 0.5) is 5.13 Å². The SMILES string of the molecule is CC(C)OC(=O)COc1ccc(C2CC(=O)NCc3nc(N)sc32)cc1. The number of aromatic nitrogens is 1. The number of ether oxygens (including phenoxy) is 2. The van der Waals surface area contributed by atoms with Gasteiger partial charge in [0.05, 0.1) is 18.3 Å². The zero-order valence-corrected chi connectivity index (χ0v) is 15.5. The van der Waals surface area contributed by atoms with E-state index >= 15 is 0 Å². The molecular formula is C18H21N3O4S. The molecule has 1 unspecified atom stereocenters. The lowest BCUT2D eigenvalue weighted by Gasteiger charge is -2.14. The molecule has 3 rings (SSSR count). The monoisotopic (exact) mass is 375 g/mol. The van der Waals surface area contributed by atoms with Crippen molar-refractivity contribution in [3.63, 3.8) is 0 Å². The normalized spacial score (nSPS) is 16.6. The number of nitrogen functional groups attached to an aromatic ring is 1. The topological polar surface area (TPSA) is 104 Å². The van der Waals surface area contributed by atoms with Crippen LogP contribution >= 0.6 is 11.3 Å². The molecule has 1 aliphatic heterocycles. The fourth-order valence-corrected chi connectivity index (χ4v) is 3.80. The highest BCUT2D eigenvalue weighted by Gasteiger charge is 2.27. The minimum atomic E-state index is -0.408. The molecule has 0 fully saturated rings. The second-order valence-corrected chi connectivity index (χ2v) is 7.36. The predicted molar refractivity (Wildman–Crippen MR) is 98.0 cm³/mol. The first-order chi connectivity index (χ1) is 12.4. The van der Waals surface area contributed by atoms with E-state index in [-0.39, 0.29) is 24.5 Å². The number of thiazole rings is 1. The van der Waals surface area contributed by atoms with Gasteiger partial charge in [0.1, 0.15) is 5.75 Å². The highest BCUT2D eigenvalue weighted by molar-refractivity contribution is 7.15. The van der Waals surface area contributed by atoms with Gasteiger partial charge in [0.2, 0.25) is 5.91 Å². The number of nitrogens with two attached hydrogens (primary N) is 1. The van der Waals surface area contributed by atoms with E-state index in [1.165, 1.54) is 11.3 Å². The van der Waals surface area contributed by atoms with Gasteiger partial charge in [-0.05, 0) is 31.5 Å². The van der Waals surface area contributed by atoms with Gasteiger partial charge >= 0.3 is 5.97 Å². The molecule has 1 amide bonds. The van der Waals surface area contributed by atoms with Crippen molar-refractivity contribution in [2.45, 2.75) is 38.8 Å². The number of hydrogen-bond donors (Lipinski definition) is 2. The quantitative estimate of drug-likeness (QED) is 0.777. The molecule has 26 heavy (non-hydrogen) atoms. The van der Waals surface area contributed by atoms with Crippen LogP contribution < -0.4 is 15.8 Å². The van der Waals surface area contributed by atoms with Crippen LogP contribution in [0.15, 0.2) is 24.3 Å². The summed E-state index contributed by atoms with van der Waals surface area (Å²) < 4.78 is 10.5. The number of rotatable bonds is 5. The van der Waals surface area contributed by atoms with Crippen LogP contribution in [0, 0.1) is 0 Å². The van der Waals surface area contributed by atoms with Gasteiger partial charge in [-0.1, -0.05) is 12.1 Å². The third-order valence-electron chi connectivity index (χ3n) is 3.91. The molecule has 2 aromatic rings. The molecule has 0 radical (unpaired) electrons. The van der Waals surface area contributed by atoms with Gasteiger partial charge in [0.15, 0.2) is 11.7 Å². The summed E-state index contributed by atoms with van der Waals surface area (Å²) in [7, 11) is 0. The van der Waals surface area contributed by atoms with E-state index in [0.29, 0.717) is 23.8 Å². The highest BCUT2D eigenvalue weighted by atomic mass is 32.1. The molecule has 1 aromatic carbocycles. The summed E-state index contributed by atoms with van der Waals surface area (Å²) in [6, 6.07) is 7.35. The number of esters is 1. The number of nitrogens with zero attached hydrogens (tertiary/aromatic N) is 1. The van der Waals surface area contributed by atoms with E-state index in [1.807, 2.05) is 12.1 Å². The maximum Gasteiger partial charge on any atom is 0.344 e. The van der Waals surface area contributed by atoms with Crippen molar-refractivity contribution in [2.75, 3.05) is 12.3 Å². The van der Waals surface area contributed by atoms with Crippen LogP contribution in [0.25, 0.3) is 0 Å². The maximum absolute atomic E-state index is 12.0. The second-order valence-electron chi connectivity index (χ2n) is 6.29. The van der Waals surface area contributed by atoms with Crippen molar-refractivity contribution in [1.29, 1.82) is 0 Å². The van der Waals surface area contributed by atoms with Crippen LogP contribution in [0.1, 0.15) is 42.3 Å². The molecule has 0 bridgehead atoms. The second kappa shape index (κ2) is 7.74. The molecule has 2 heterocycles. The molecule has 1 aromatic heterocycles. The molecule has 0 spiro atoms.